The number of rotatable bonds is 8. The SMILES string of the molecule is C=CCOc1ccc(C=CC(=O)OCC(=O)Nc2cccc3nsnc23)cc1. The third-order valence-electron chi connectivity index (χ3n) is 3.57. The summed E-state index contributed by atoms with van der Waals surface area (Å²) < 4.78 is 18.6. The lowest BCUT2D eigenvalue weighted by atomic mass is 10.2. The third kappa shape index (κ3) is 5.24. The van der Waals surface area contributed by atoms with E-state index in [0.29, 0.717) is 29.1 Å². The van der Waals surface area contributed by atoms with Crippen LogP contribution in [-0.4, -0.2) is 33.8 Å². The Kier molecular flexibility index (Phi) is 6.48. The van der Waals surface area contributed by atoms with Gasteiger partial charge in [-0.15, -0.1) is 0 Å². The zero-order valence-electron chi connectivity index (χ0n) is 14.8. The Balaban J connectivity index is 1.48. The fourth-order valence-electron chi connectivity index (χ4n) is 2.27. The van der Waals surface area contributed by atoms with Crippen molar-refractivity contribution in [3.05, 3.63) is 66.8 Å². The Morgan fingerprint density at radius 3 is 2.75 bits per heavy atom. The molecule has 142 valence electrons. The van der Waals surface area contributed by atoms with Crippen LogP contribution >= 0.6 is 11.7 Å². The van der Waals surface area contributed by atoms with E-state index in [9.17, 15) is 9.59 Å². The van der Waals surface area contributed by atoms with Gasteiger partial charge < -0.3 is 14.8 Å². The molecule has 2 aromatic carbocycles. The molecule has 0 unspecified atom stereocenters. The molecule has 0 atom stereocenters. The van der Waals surface area contributed by atoms with Crippen molar-refractivity contribution in [1.29, 1.82) is 0 Å². The molecule has 1 aromatic heterocycles. The molecule has 1 amide bonds. The second kappa shape index (κ2) is 9.43. The summed E-state index contributed by atoms with van der Waals surface area (Å²) in [5.74, 6) is -0.358. The molecule has 3 aromatic rings. The quantitative estimate of drug-likeness (QED) is 0.357. The standard InChI is InChI=1S/C20H17N3O4S/c1-2-12-26-15-9-6-14(7-10-15)8-11-19(25)27-13-18(24)21-16-4-3-5-17-20(16)23-28-22-17/h2-11H,1,12-13H2,(H,21,24). The van der Waals surface area contributed by atoms with Crippen molar-refractivity contribution in [2.45, 2.75) is 0 Å². The van der Waals surface area contributed by atoms with Crippen LogP contribution in [0.2, 0.25) is 0 Å². The maximum Gasteiger partial charge on any atom is 0.331 e. The highest BCUT2D eigenvalue weighted by Gasteiger charge is 2.10. The summed E-state index contributed by atoms with van der Waals surface area (Å²) in [6, 6.07) is 12.5. The fourth-order valence-corrected chi connectivity index (χ4v) is 2.82. The first-order valence-electron chi connectivity index (χ1n) is 8.35. The average molecular weight is 395 g/mol. The number of nitrogens with one attached hydrogen (secondary N) is 1. The van der Waals surface area contributed by atoms with E-state index in [0.717, 1.165) is 17.3 Å². The van der Waals surface area contributed by atoms with Crippen LogP contribution in [0.1, 0.15) is 5.56 Å². The van der Waals surface area contributed by atoms with Crippen LogP contribution in [0.25, 0.3) is 17.1 Å². The average Bonchev–Trinajstić information content (AvgIpc) is 3.20. The minimum Gasteiger partial charge on any atom is -0.490 e. The molecular formula is C20H17N3O4S. The van der Waals surface area contributed by atoms with Gasteiger partial charge in [-0.1, -0.05) is 30.9 Å². The molecule has 3 rings (SSSR count). The normalized spacial score (nSPS) is 10.7. The highest BCUT2D eigenvalue weighted by Crippen LogP contribution is 2.21. The van der Waals surface area contributed by atoms with Crippen molar-refractivity contribution in [2.75, 3.05) is 18.5 Å². The molecule has 1 N–H and O–H groups in total. The van der Waals surface area contributed by atoms with Gasteiger partial charge in [0.05, 0.1) is 17.4 Å². The van der Waals surface area contributed by atoms with Crippen LogP contribution in [0.15, 0.2) is 61.2 Å². The zero-order chi connectivity index (χ0) is 19.8. The van der Waals surface area contributed by atoms with E-state index in [4.69, 9.17) is 9.47 Å². The molecule has 8 heteroatoms. The Bertz CT molecular complexity index is 1010. The van der Waals surface area contributed by atoms with E-state index in [1.807, 2.05) is 0 Å². The predicted molar refractivity (Wildman–Crippen MR) is 108 cm³/mol. The molecule has 0 aliphatic carbocycles. The number of fused-ring (bicyclic) bond motifs is 1. The van der Waals surface area contributed by atoms with E-state index in [1.165, 1.54) is 6.08 Å². The molecule has 1 heterocycles. The molecule has 0 saturated carbocycles. The minimum absolute atomic E-state index is 0.397. The first kappa shape index (κ1) is 19.2. The van der Waals surface area contributed by atoms with Crippen LogP contribution in [0.3, 0.4) is 0 Å². The number of nitrogens with zero attached hydrogens (tertiary/aromatic N) is 2. The molecule has 0 fully saturated rings. The largest absolute Gasteiger partial charge is 0.490 e. The van der Waals surface area contributed by atoms with Crippen LogP contribution in [0.5, 0.6) is 5.75 Å². The lowest BCUT2D eigenvalue weighted by molar-refractivity contribution is -0.142. The van der Waals surface area contributed by atoms with Gasteiger partial charge in [0.1, 0.15) is 23.4 Å². The number of amides is 1. The number of carbonyl (C=O) groups excluding carboxylic acids is 2. The smallest absolute Gasteiger partial charge is 0.331 e. The molecule has 0 bridgehead atoms. The lowest BCUT2D eigenvalue weighted by Crippen LogP contribution is -2.20. The van der Waals surface area contributed by atoms with Crippen LogP contribution < -0.4 is 10.1 Å². The number of benzene rings is 2. The van der Waals surface area contributed by atoms with E-state index in [2.05, 4.69) is 20.6 Å². The van der Waals surface area contributed by atoms with Crippen molar-refractivity contribution in [3.8, 4) is 5.75 Å². The predicted octanol–water partition coefficient (Wildman–Crippen LogP) is 3.45. The van der Waals surface area contributed by atoms with Crippen LogP contribution in [0, 0.1) is 0 Å². The summed E-state index contributed by atoms with van der Waals surface area (Å²) in [4.78, 5) is 23.8. The van der Waals surface area contributed by atoms with Gasteiger partial charge in [-0.3, -0.25) is 4.79 Å². The lowest BCUT2D eigenvalue weighted by Gasteiger charge is -2.05. The van der Waals surface area contributed by atoms with Gasteiger partial charge in [0.25, 0.3) is 5.91 Å². The summed E-state index contributed by atoms with van der Waals surface area (Å²) >= 11 is 1.06. The molecule has 28 heavy (non-hydrogen) atoms. The van der Waals surface area contributed by atoms with E-state index >= 15 is 0 Å². The van der Waals surface area contributed by atoms with E-state index in [-0.39, 0.29) is 0 Å². The zero-order valence-corrected chi connectivity index (χ0v) is 15.6. The summed E-state index contributed by atoms with van der Waals surface area (Å²) in [5.41, 5.74) is 2.63. The number of ether oxygens (including phenoxy) is 2. The van der Waals surface area contributed by atoms with E-state index in [1.54, 1.807) is 54.6 Å². The Labute approximate surface area is 165 Å². The molecule has 0 radical (unpaired) electrons. The molecule has 0 spiro atoms. The maximum atomic E-state index is 12.0. The van der Waals surface area contributed by atoms with Crippen molar-refractivity contribution < 1.29 is 19.1 Å². The summed E-state index contributed by atoms with van der Waals surface area (Å²) in [7, 11) is 0. The number of esters is 1. The van der Waals surface area contributed by atoms with E-state index < -0.39 is 18.5 Å². The molecular weight excluding hydrogens is 378 g/mol. The molecule has 0 aliphatic rings. The first-order chi connectivity index (χ1) is 13.7. The monoisotopic (exact) mass is 395 g/mol. The Morgan fingerprint density at radius 2 is 1.96 bits per heavy atom. The van der Waals surface area contributed by atoms with Gasteiger partial charge >= 0.3 is 5.97 Å². The minimum atomic E-state index is -0.615. The van der Waals surface area contributed by atoms with Crippen molar-refractivity contribution in [1.82, 2.24) is 8.75 Å². The summed E-state index contributed by atoms with van der Waals surface area (Å²) in [6.07, 6.45) is 4.52. The van der Waals surface area contributed by atoms with Gasteiger partial charge in [-0.25, -0.2) is 4.79 Å². The van der Waals surface area contributed by atoms with Gasteiger partial charge in [-0.2, -0.15) is 8.75 Å². The maximum absolute atomic E-state index is 12.0. The number of carbonyl (C=O) groups is 2. The highest BCUT2D eigenvalue weighted by molar-refractivity contribution is 7.00. The van der Waals surface area contributed by atoms with Gasteiger partial charge in [0, 0.05) is 6.08 Å². The van der Waals surface area contributed by atoms with Crippen molar-refractivity contribution in [2.24, 2.45) is 0 Å². The van der Waals surface area contributed by atoms with Gasteiger partial charge in [-0.05, 0) is 35.9 Å². The number of hydrogen-bond acceptors (Lipinski definition) is 7. The van der Waals surface area contributed by atoms with Crippen LogP contribution in [-0.2, 0) is 14.3 Å². The van der Waals surface area contributed by atoms with Gasteiger partial charge in [0.15, 0.2) is 6.61 Å². The summed E-state index contributed by atoms with van der Waals surface area (Å²) in [6.45, 7) is 3.61. The topological polar surface area (TPSA) is 90.4 Å². The third-order valence-corrected chi connectivity index (χ3v) is 4.11. The van der Waals surface area contributed by atoms with Gasteiger partial charge in [0.2, 0.25) is 0 Å². The van der Waals surface area contributed by atoms with Crippen LogP contribution in [0.4, 0.5) is 5.69 Å². The molecule has 7 nitrogen and oxygen atoms in total. The number of aromatic nitrogens is 2. The first-order valence-corrected chi connectivity index (χ1v) is 9.08. The Morgan fingerprint density at radius 1 is 1.14 bits per heavy atom. The molecule has 0 aliphatic heterocycles. The fraction of sp³-hybridized carbons (Fsp3) is 0.100. The summed E-state index contributed by atoms with van der Waals surface area (Å²) in [5, 5.41) is 2.67. The van der Waals surface area contributed by atoms with Crippen molar-refractivity contribution in [3.63, 3.8) is 0 Å². The highest BCUT2D eigenvalue weighted by atomic mass is 32.1. The van der Waals surface area contributed by atoms with Crippen molar-refractivity contribution >= 4 is 46.4 Å². The number of hydrogen-bond donors (Lipinski definition) is 1. The second-order valence-electron chi connectivity index (χ2n) is 5.60. The second-order valence-corrected chi connectivity index (χ2v) is 6.12. The Hall–Kier alpha value is -3.52. The number of anilines is 1. The molecule has 0 saturated heterocycles.